The molecule has 3 aromatic rings. The van der Waals surface area contributed by atoms with E-state index in [0.29, 0.717) is 12.2 Å². The van der Waals surface area contributed by atoms with Crippen LogP contribution in [-0.4, -0.2) is 41.4 Å². The van der Waals surface area contributed by atoms with Gasteiger partial charge < -0.3 is 19.3 Å². The minimum absolute atomic E-state index is 0.232. The van der Waals surface area contributed by atoms with Crippen molar-refractivity contribution in [3.05, 3.63) is 102 Å². The molecule has 0 radical (unpaired) electrons. The highest BCUT2D eigenvalue weighted by Gasteiger charge is 2.48. The van der Waals surface area contributed by atoms with Crippen molar-refractivity contribution in [2.75, 3.05) is 6.61 Å². The molecule has 1 fully saturated rings. The van der Waals surface area contributed by atoms with Crippen LogP contribution < -0.4 is 0 Å². The van der Waals surface area contributed by atoms with Gasteiger partial charge in [0, 0.05) is 4.90 Å². The van der Waals surface area contributed by atoms with Gasteiger partial charge in [-0.1, -0.05) is 78.0 Å². The molecule has 0 aliphatic carbocycles. The number of aliphatic hydroxyl groups is 1. The van der Waals surface area contributed by atoms with E-state index in [9.17, 15) is 9.90 Å². The topological polar surface area (TPSA) is 65.0 Å². The second-order valence-corrected chi connectivity index (χ2v) is 8.83. The fourth-order valence-corrected chi connectivity index (χ4v) is 4.65. The molecular weight excluding hydrogens is 424 g/mol. The van der Waals surface area contributed by atoms with E-state index in [1.165, 1.54) is 11.8 Å². The maximum atomic E-state index is 12.9. The summed E-state index contributed by atoms with van der Waals surface area (Å²) < 4.78 is 18.2. The second-order valence-electron chi connectivity index (χ2n) is 7.65. The first kappa shape index (κ1) is 22.6. The van der Waals surface area contributed by atoms with Crippen LogP contribution in [0.5, 0.6) is 0 Å². The van der Waals surface area contributed by atoms with Crippen LogP contribution in [0, 0.1) is 6.92 Å². The van der Waals surface area contributed by atoms with E-state index in [-0.39, 0.29) is 6.61 Å². The first-order valence-corrected chi connectivity index (χ1v) is 11.4. The van der Waals surface area contributed by atoms with Gasteiger partial charge in [-0.2, -0.15) is 0 Å². The summed E-state index contributed by atoms with van der Waals surface area (Å²) in [6, 6.07) is 26.7. The van der Waals surface area contributed by atoms with Crippen LogP contribution in [0.2, 0.25) is 0 Å². The van der Waals surface area contributed by atoms with Crippen molar-refractivity contribution in [2.45, 2.75) is 42.2 Å². The van der Waals surface area contributed by atoms with Crippen LogP contribution in [0.15, 0.2) is 89.8 Å². The number of aliphatic hydroxyl groups excluding tert-OH is 1. The Kier molecular flexibility index (Phi) is 7.60. The lowest BCUT2D eigenvalue weighted by Gasteiger charge is -2.24. The van der Waals surface area contributed by atoms with E-state index in [1.807, 2.05) is 67.6 Å². The minimum atomic E-state index is -0.685. The molecule has 1 aliphatic rings. The molecule has 0 unspecified atom stereocenters. The van der Waals surface area contributed by atoms with Crippen molar-refractivity contribution in [3.8, 4) is 0 Å². The Balaban J connectivity index is 1.55. The predicted molar refractivity (Wildman–Crippen MR) is 123 cm³/mol. The fourth-order valence-electron chi connectivity index (χ4n) is 3.54. The first-order chi connectivity index (χ1) is 15.6. The summed E-state index contributed by atoms with van der Waals surface area (Å²) in [6.45, 7) is 2.12. The van der Waals surface area contributed by atoms with Gasteiger partial charge in [-0.3, -0.25) is 0 Å². The molecule has 0 aromatic heterocycles. The molecule has 0 bridgehead atoms. The number of aryl methyl sites for hydroxylation is 1. The van der Waals surface area contributed by atoms with Crippen molar-refractivity contribution < 1.29 is 24.1 Å². The maximum Gasteiger partial charge on any atom is 0.338 e. The Hall–Kier alpha value is -2.64. The first-order valence-electron chi connectivity index (χ1n) is 10.6. The summed E-state index contributed by atoms with van der Waals surface area (Å²) in [6.07, 6.45) is -1.89. The number of hydrogen-bond donors (Lipinski definition) is 1. The van der Waals surface area contributed by atoms with Crippen LogP contribution in [-0.2, 0) is 20.8 Å². The van der Waals surface area contributed by atoms with Gasteiger partial charge in [0.15, 0.2) is 6.10 Å². The molecule has 0 spiro atoms. The SMILES string of the molecule is Cc1ccc(S[C@H]2O[C@H](CO)[C@@H](OCc3ccccc3)[C@@H]2OC(=O)c2ccccc2)cc1. The van der Waals surface area contributed by atoms with Crippen LogP contribution in [0.4, 0.5) is 0 Å². The molecule has 4 atom stereocenters. The summed E-state index contributed by atoms with van der Waals surface area (Å²) in [4.78, 5) is 13.8. The fraction of sp³-hybridized carbons (Fsp3) is 0.269. The van der Waals surface area contributed by atoms with Crippen molar-refractivity contribution >= 4 is 17.7 Å². The normalized spacial score (nSPS) is 22.6. The molecule has 1 heterocycles. The Morgan fingerprint density at radius 1 is 0.938 bits per heavy atom. The molecule has 1 aliphatic heterocycles. The Labute approximate surface area is 192 Å². The van der Waals surface area contributed by atoms with E-state index in [2.05, 4.69) is 0 Å². The smallest absolute Gasteiger partial charge is 0.338 e. The van der Waals surface area contributed by atoms with Gasteiger partial charge >= 0.3 is 5.97 Å². The molecule has 6 heteroatoms. The highest BCUT2D eigenvalue weighted by molar-refractivity contribution is 7.99. The summed E-state index contributed by atoms with van der Waals surface area (Å²) in [5, 5.41) is 9.97. The largest absolute Gasteiger partial charge is 0.452 e. The highest BCUT2D eigenvalue weighted by atomic mass is 32.2. The molecule has 0 saturated carbocycles. The molecule has 5 nitrogen and oxygen atoms in total. The number of carbonyl (C=O) groups excluding carboxylic acids is 1. The third-order valence-corrected chi connectivity index (χ3v) is 6.41. The number of esters is 1. The molecule has 0 amide bonds. The third kappa shape index (κ3) is 5.58. The van der Waals surface area contributed by atoms with Gasteiger partial charge in [0.1, 0.15) is 17.6 Å². The van der Waals surface area contributed by atoms with Gasteiger partial charge in [0.2, 0.25) is 0 Å². The standard InChI is InChI=1S/C26H26O5S/c1-18-12-14-21(15-13-18)32-26-24(31-25(28)20-10-6-3-7-11-20)23(22(16-27)30-26)29-17-19-8-4-2-5-9-19/h2-15,22-24,26-27H,16-17H2,1H3/t22-,23-,24+,26-/m1/s1. The number of ether oxygens (including phenoxy) is 3. The monoisotopic (exact) mass is 450 g/mol. The number of hydrogen-bond acceptors (Lipinski definition) is 6. The lowest BCUT2D eigenvalue weighted by atomic mass is 10.1. The number of carbonyl (C=O) groups is 1. The Morgan fingerprint density at radius 3 is 2.25 bits per heavy atom. The number of thioether (sulfide) groups is 1. The number of rotatable bonds is 8. The molecule has 4 rings (SSSR count). The van der Waals surface area contributed by atoms with Gasteiger partial charge in [-0.15, -0.1) is 0 Å². The van der Waals surface area contributed by atoms with Crippen molar-refractivity contribution in [1.29, 1.82) is 0 Å². The molecule has 1 N–H and O–H groups in total. The molecule has 1 saturated heterocycles. The van der Waals surface area contributed by atoms with E-state index < -0.39 is 29.7 Å². The van der Waals surface area contributed by atoms with Crippen molar-refractivity contribution in [3.63, 3.8) is 0 Å². The average Bonchev–Trinajstić information content (AvgIpc) is 3.16. The van der Waals surface area contributed by atoms with Crippen LogP contribution in [0.3, 0.4) is 0 Å². The lowest BCUT2D eigenvalue weighted by molar-refractivity contribution is -0.0660. The zero-order valence-electron chi connectivity index (χ0n) is 17.8. The average molecular weight is 451 g/mol. The van der Waals surface area contributed by atoms with E-state index in [4.69, 9.17) is 14.2 Å². The zero-order valence-corrected chi connectivity index (χ0v) is 18.6. The van der Waals surface area contributed by atoms with Gasteiger partial charge in [0.25, 0.3) is 0 Å². The van der Waals surface area contributed by atoms with E-state index >= 15 is 0 Å². The minimum Gasteiger partial charge on any atom is -0.452 e. The van der Waals surface area contributed by atoms with Gasteiger partial charge in [-0.05, 0) is 36.8 Å². The summed E-state index contributed by atoms with van der Waals surface area (Å²) in [5.41, 5.74) is 2.10. The molecular formula is C26H26O5S. The second kappa shape index (κ2) is 10.8. The maximum absolute atomic E-state index is 12.9. The van der Waals surface area contributed by atoms with Crippen molar-refractivity contribution in [1.82, 2.24) is 0 Å². The number of benzene rings is 3. The van der Waals surface area contributed by atoms with Gasteiger partial charge in [-0.25, -0.2) is 4.79 Å². The molecule has 166 valence electrons. The van der Waals surface area contributed by atoms with Crippen LogP contribution in [0.25, 0.3) is 0 Å². The summed E-state index contributed by atoms with van der Waals surface area (Å²) in [7, 11) is 0. The van der Waals surface area contributed by atoms with Crippen LogP contribution in [0.1, 0.15) is 21.5 Å². The molecule has 32 heavy (non-hydrogen) atoms. The predicted octanol–water partition coefficient (Wildman–Crippen LogP) is 4.62. The highest BCUT2D eigenvalue weighted by Crippen LogP contribution is 2.38. The Morgan fingerprint density at radius 2 is 1.59 bits per heavy atom. The van der Waals surface area contributed by atoms with E-state index in [0.717, 1.165) is 16.0 Å². The van der Waals surface area contributed by atoms with Gasteiger partial charge in [0.05, 0.1) is 18.8 Å². The zero-order chi connectivity index (χ0) is 22.3. The van der Waals surface area contributed by atoms with Crippen molar-refractivity contribution in [2.24, 2.45) is 0 Å². The molecule has 3 aromatic carbocycles. The Bertz CT molecular complexity index is 994. The third-order valence-electron chi connectivity index (χ3n) is 5.26. The van der Waals surface area contributed by atoms with Crippen LogP contribution >= 0.6 is 11.8 Å². The summed E-state index contributed by atoms with van der Waals surface area (Å²) in [5.74, 6) is -0.444. The summed E-state index contributed by atoms with van der Waals surface area (Å²) >= 11 is 1.46. The quantitative estimate of drug-likeness (QED) is 0.506. The lowest BCUT2D eigenvalue weighted by Crippen LogP contribution is -2.39. The van der Waals surface area contributed by atoms with E-state index in [1.54, 1.807) is 24.3 Å².